The summed E-state index contributed by atoms with van der Waals surface area (Å²) in [5, 5.41) is 3.53. The highest BCUT2D eigenvalue weighted by molar-refractivity contribution is 5.77. The molecule has 0 aliphatic rings. The first-order chi connectivity index (χ1) is 13.7. The first-order valence-corrected chi connectivity index (χ1v) is 10.9. The fourth-order valence-electron chi connectivity index (χ4n) is 3.67. The molecule has 0 amide bonds. The van der Waals surface area contributed by atoms with Crippen LogP contribution in [0.3, 0.4) is 0 Å². The van der Waals surface area contributed by atoms with E-state index in [-0.39, 0.29) is 0 Å². The van der Waals surface area contributed by atoms with Crippen LogP contribution in [0.25, 0.3) is 0 Å². The number of hydrogen-bond donors (Lipinski definition) is 1. The predicted octanol–water partition coefficient (Wildman–Crippen LogP) is 8.51. The minimum Gasteiger partial charge on any atom is -0.361 e. The Hall–Kier alpha value is -2.35. The van der Waals surface area contributed by atoms with Crippen molar-refractivity contribution in [2.24, 2.45) is 4.99 Å². The van der Waals surface area contributed by atoms with Crippen LogP contribution < -0.4 is 5.32 Å². The van der Waals surface area contributed by atoms with Crippen molar-refractivity contribution in [3.8, 4) is 0 Å². The third kappa shape index (κ3) is 5.82. The van der Waals surface area contributed by atoms with E-state index in [0.29, 0.717) is 23.7 Å². The Bertz CT molecular complexity index is 802. The zero-order valence-corrected chi connectivity index (χ0v) is 19.5. The summed E-state index contributed by atoms with van der Waals surface area (Å²) in [4.78, 5) is 4.84. The Kier molecular flexibility index (Phi) is 8.25. The first kappa shape index (κ1) is 22.9. The lowest BCUT2D eigenvalue weighted by atomic mass is 9.93. The number of aliphatic imine (C=N–C) groups is 1. The molecule has 0 atom stereocenters. The Morgan fingerprint density at radius 1 is 0.655 bits per heavy atom. The van der Waals surface area contributed by atoms with Gasteiger partial charge in [-0.05, 0) is 52.0 Å². The molecular formula is C27H38N2. The van der Waals surface area contributed by atoms with Crippen LogP contribution in [0.15, 0.2) is 53.7 Å². The lowest BCUT2D eigenvalue weighted by Crippen LogP contribution is -2.02. The maximum Gasteiger partial charge on any atom is 0.0698 e. The van der Waals surface area contributed by atoms with Gasteiger partial charge in [0.05, 0.1) is 5.69 Å². The lowest BCUT2D eigenvalue weighted by molar-refractivity contribution is 0.835. The molecule has 2 aromatic carbocycles. The van der Waals surface area contributed by atoms with Gasteiger partial charge in [0.25, 0.3) is 0 Å². The molecule has 0 aromatic heterocycles. The van der Waals surface area contributed by atoms with Crippen molar-refractivity contribution in [3.63, 3.8) is 0 Å². The number of rotatable bonds is 8. The number of hydrogen-bond acceptors (Lipinski definition) is 2. The second-order valence-corrected chi connectivity index (χ2v) is 9.00. The molecule has 2 heteroatoms. The van der Waals surface area contributed by atoms with Crippen molar-refractivity contribution in [3.05, 3.63) is 70.9 Å². The van der Waals surface area contributed by atoms with Gasteiger partial charge >= 0.3 is 0 Å². The molecule has 0 spiro atoms. The van der Waals surface area contributed by atoms with Gasteiger partial charge in [-0.1, -0.05) is 91.8 Å². The Morgan fingerprint density at radius 2 is 1.07 bits per heavy atom. The predicted molar refractivity (Wildman–Crippen MR) is 130 cm³/mol. The molecule has 0 aliphatic carbocycles. The van der Waals surface area contributed by atoms with Crippen LogP contribution in [-0.4, -0.2) is 6.21 Å². The summed E-state index contributed by atoms with van der Waals surface area (Å²) in [6, 6.07) is 13.1. The smallest absolute Gasteiger partial charge is 0.0698 e. The quantitative estimate of drug-likeness (QED) is 0.449. The van der Waals surface area contributed by atoms with Crippen molar-refractivity contribution >= 4 is 17.6 Å². The van der Waals surface area contributed by atoms with Crippen LogP contribution >= 0.6 is 0 Å². The maximum atomic E-state index is 4.84. The van der Waals surface area contributed by atoms with E-state index in [4.69, 9.17) is 4.99 Å². The second-order valence-electron chi connectivity index (χ2n) is 9.00. The van der Waals surface area contributed by atoms with Crippen LogP contribution in [0.4, 0.5) is 11.4 Å². The molecular weight excluding hydrogens is 352 g/mol. The van der Waals surface area contributed by atoms with Crippen molar-refractivity contribution in [1.82, 2.24) is 0 Å². The summed E-state index contributed by atoms with van der Waals surface area (Å²) in [5.74, 6) is 1.86. The first-order valence-electron chi connectivity index (χ1n) is 10.9. The second kappa shape index (κ2) is 10.4. The van der Waals surface area contributed by atoms with E-state index in [2.05, 4.69) is 97.1 Å². The topological polar surface area (TPSA) is 24.4 Å². The molecule has 0 bridgehead atoms. The van der Waals surface area contributed by atoms with E-state index in [1.54, 1.807) is 0 Å². The van der Waals surface area contributed by atoms with Crippen LogP contribution in [-0.2, 0) is 0 Å². The number of nitrogens with one attached hydrogen (secondary N) is 1. The number of allylic oxidation sites excluding steroid dienone is 1. The normalized spacial score (nSPS) is 12.4. The zero-order valence-electron chi connectivity index (χ0n) is 19.5. The summed E-state index contributed by atoms with van der Waals surface area (Å²) in [5.41, 5.74) is 7.66. The lowest BCUT2D eigenvalue weighted by Gasteiger charge is -2.19. The number of para-hydroxylation sites is 2. The van der Waals surface area contributed by atoms with Gasteiger partial charge in [-0.15, -0.1) is 0 Å². The van der Waals surface area contributed by atoms with Crippen LogP contribution in [0, 0.1) is 0 Å². The highest BCUT2D eigenvalue weighted by Gasteiger charge is 2.13. The Labute approximate surface area is 178 Å². The van der Waals surface area contributed by atoms with Crippen molar-refractivity contribution in [2.45, 2.75) is 79.1 Å². The monoisotopic (exact) mass is 390 g/mol. The standard InChI is InChI=1S/C27H38N2/c1-18(2)22-12-9-13-23(19(3)4)26(22)28-16-11-17-29-27-24(20(5)6)14-10-15-25(27)21(7)8/h9-21,28H,1-8H3. The summed E-state index contributed by atoms with van der Waals surface area (Å²) in [6.45, 7) is 17.9. The average molecular weight is 391 g/mol. The molecule has 0 fully saturated rings. The van der Waals surface area contributed by atoms with Crippen LogP contribution in [0.5, 0.6) is 0 Å². The van der Waals surface area contributed by atoms with Crippen molar-refractivity contribution in [1.29, 1.82) is 0 Å². The van der Waals surface area contributed by atoms with E-state index in [0.717, 1.165) is 5.69 Å². The van der Waals surface area contributed by atoms with Crippen LogP contribution in [0.1, 0.15) is 101 Å². The molecule has 1 N–H and O–H groups in total. The number of benzene rings is 2. The fourth-order valence-corrected chi connectivity index (χ4v) is 3.67. The highest BCUT2D eigenvalue weighted by Crippen LogP contribution is 2.35. The Balaban J connectivity index is 2.28. The summed E-state index contributed by atoms with van der Waals surface area (Å²) in [7, 11) is 0. The van der Waals surface area contributed by atoms with Gasteiger partial charge in [0.1, 0.15) is 0 Å². The van der Waals surface area contributed by atoms with Crippen molar-refractivity contribution < 1.29 is 0 Å². The van der Waals surface area contributed by atoms with Gasteiger partial charge in [0.15, 0.2) is 0 Å². The van der Waals surface area contributed by atoms with Gasteiger partial charge in [0, 0.05) is 18.1 Å². The van der Waals surface area contributed by atoms with Gasteiger partial charge in [-0.2, -0.15) is 0 Å². The number of anilines is 1. The average Bonchev–Trinajstić information content (AvgIpc) is 2.66. The van der Waals surface area contributed by atoms with E-state index in [9.17, 15) is 0 Å². The van der Waals surface area contributed by atoms with E-state index in [1.807, 2.05) is 18.5 Å². The molecule has 0 unspecified atom stereocenters. The summed E-state index contributed by atoms with van der Waals surface area (Å²) < 4.78 is 0. The van der Waals surface area contributed by atoms with Crippen molar-refractivity contribution in [2.75, 3.05) is 5.32 Å². The van der Waals surface area contributed by atoms with Gasteiger partial charge in [-0.25, -0.2) is 0 Å². The molecule has 0 heterocycles. The third-order valence-corrected chi connectivity index (χ3v) is 5.33. The minimum atomic E-state index is 0.453. The molecule has 0 saturated heterocycles. The molecule has 2 rings (SSSR count). The SMILES string of the molecule is CC(C)c1cccc(C(C)C)c1N=CC=CNc1c(C(C)C)cccc1C(C)C. The molecule has 29 heavy (non-hydrogen) atoms. The summed E-state index contributed by atoms with van der Waals surface area (Å²) >= 11 is 0. The fraction of sp³-hybridized carbons (Fsp3) is 0.444. The van der Waals surface area contributed by atoms with Crippen LogP contribution in [0.2, 0.25) is 0 Å². The molecule has 2 nitrogen and oxygen atoms in total. The minimum absolute atomic E-state index is 0.453. The molecule has 156 valence electrons. The number of nitrogens with zero attached hydrogens (tertiary/aromatic N) is 1. The molecule has 0 aliphatic heterocycles. The summed E-state index contributed by atoms with van der Waals surface area (Å²) in [6.07, 6.45) is 5.92. The molecule has 2 aromatic rings. The molecule has 0 saturated carbocycles. The molecule has 0 radical (unpaired) electrons. The third-order valence-electron chi connectivity index (χ3n) is 5.33. The van der Waals surface area contributed by atoms with E-state index in [1.165, 1.54) is 27.9 Å². The largest absolute Gasteiger partial charge is 0.361 e. The zero-order chi connectivity index (χ0) is 21.6. The van der Waals surface area contributed by atoms with E-state index < -0.39 is 0 Å². The van der Waals surface area contributed by atoms with E-state index >= 15 is 0 Å². The maximum absolute atomic E-state index is 4.84. The van der Waals surface area contributed by atoms with Gasteiger partial charge < -0.3 is 5.32 Å². The van der Waals surface area contributed by atoms with Gasteiger partial charge in [-0.3, -0.25) is 4.99 Å². The highest BCUT2D eigenvalue weighted by atomic mass is 14.9. The Morgan fingerprint density at radius 3 is 1.48 bits per heavy atom. The van der Waals surface area contributed by atoms with Gasteiger partial charge in [0.2, 0.25) is 0 Å².